The third-order valence-electron chi connectivity index (χ3n) is 7.64. The zero-order valence-corrected chi connectivity index (χ0v) is 26.3. The summed E-state index contributed by atoms with van der Waals surface area (Å²) in [5.41, 5.74) is 4.43. The number of aromatic nitrogens is 2. The molecular formula is C36H34N5O5S-. The lowest BCUT2D eigenvalue weighted by atomic mass is 9.93. The summed E-state index contributed by atoms with van der Waals surface area (Å²) < 4.78 is 0. The van der Waals surface area contributed by atoms with Gasteiger partial charge in [-0.3, -0.25) is 14.6 Å². The number of aliphatic hydroxyl groups is 1. The molecule has 10 nitrogen and oxygen atoms in total. The van der Waals surface area contributed by atoms with Crippen LogP contribution in [0, 0.1) is 0 Å². The first-order valence-corrected chi connectivity index (χ1v) is 16.0. The van der Waals surface area contributed by atoms with Gasteiger partial charge in [-0.25, -0.2) is 4.98 Å². The van der Waals surface area contributed by atoms with Crippen LogP contribution in [0.15, 0.2) is 120 Å². The number of amides is 3. The topological polar surface area (TPSA) is 148 Å². The molecule has 2 aromatic heterocycles. The molecule has 3 amide bonds. The number of pyridine rings is 1. The largest absolute Gasteiger partial charge is 0.530 e. The maximum absolute atomic E-state index is 13.9. The van der Waals surface area contributed by atoms with Crippen LogP contribution in [0.1, 0.15) is 44.1 Å². The molecule has 5 aromatic rings. The van der Waals surface area contributed by atoms with E-state index in [-0.39, 0.29) is 29.9 Å². The zero-order valence-electron chi connectivity index (χ0n) is 25.4. The van der Waals surface area contributed by atoms with Crippen LogP contribution in [0.3, 0.4) is 0 Å². The molecule has 0 bridgehead atoms. The SMILES string of the molecule is O=C(N[C@@H](Cc1ccccc1)[C@@H](O)C[C@H](Cc1ccccc1)NC(=O)c1ccccc1N(Cc1ccccn1)C(=O)[O-])c1cscn1. The summed E-state index contributed by atoms with van der Waals surface area (Å²) in [6.07, 6.45) is -0.165. The fraction of sp³-hybridized carbons (Fsp3) is 0.194. The molecule has 0 saturated heterocycles. The molecule has 3 aromatic carbocycles. The van der Waals surface area contributed by atoms with Gasteiger partial charge in [0.05, 0.1) is 41.1 Å². The molecule has 11 heteroatoms. The van der Waals surface area contributed by atoms with Crippen LogP contribution in [0.5, 0.6) is 0 Å². The molecule has 240 valence electrons. The zero-order chi connectivity index (χ0) is 33.0. The maximum Gasteiger partial charge on any atom is 0.271 e. The number of carbonyl (C=O) groups is 3. The molecule has 0 aliphatic carbocycles. The molecule has 0 spiro atoms. The Kier molecular flexibility index (Phi) is 11.4. The lowest BCUT2D eigenvalue weighted by Crippen LogP contribution is -2.49. The predicted octanol–water partition coefficient (Wildman–Crippen LogP) is 4.02. The third-order valence-corrected chi connectivity index (χ3v) is 8.22. The molecule has 0 aliphatic heterocycles. The molecule has 0 saturated carbocycles. The van der Waals surface area contributed by atoms with Crippen molar-refractivity contribution in [1.82, 2.24) is 20.6 Å². The van der Waals surface area contributed by atoms with E-state index < -0.39 is 36.1 Å². The van der Waals surface area contributed by atoms with Crippen molar-refractivity contribution in [3.63, 3.8) is 0 Å². The van der Waals surface area contributed by atoms with Crippen molar-refractivity contribution in [3.05, 3.63) is 148 Å². The van der Waals surface area contributed by atoms with E-state index in [2.05, 4.69) is 20.6 Å². The average molecular weight is 649 g/mol. The van der Waals surface area contributed by atoms with Crippen LogP contribution in [0.25, 0.3) is 0 Å². The van der Waals surface area contributed by atoms with Crippen molar-refractivity contribution in [2.75, 3.05) is 4.90 Å². The number of benzene rings is 3. The number of nitrogens with one attached hydrogen (secondary N) is 2. The van der Waals surface area contributed by atoms with E-state index in [1.54, 1.807) is 59.6 Å². The second-order valence-corrected chi connectivity index (χ2v) is 11.7. The highest BCUT2D eigenvalue weighted by atomic mass is 32.1. The minimum atomic E-state index is -1.48. The molecule has 3 atom stereocenters. The lowest BCUT2D eigenvalue weighted by Gasteiger charge is -2.30. The van der Waals surface area contributed by atoms with Crippen LogP contribution < -0.4 is 20.6 Å². The number of anilines is 1. The Morgan fingerprint density at radius 1 is 0.787 bits per heavy atom. The highest BCUT2D eigenvalue weighted by Crippen LogP contribution is 2.23. The van der Waals surface area contributed by atoms with Crippen LogP contribution >= 0.6 is 11.3 Å². The van der Waals surface area contributed by atoms with Crippen LogP contribution in [0.2, 0.25) is 0 Å². The summed E-state index contributed by atoms with van der Waals surface area (Å²) >= 11 is 1.30. The van der Waals surface area contributed by atoms with Gasteiger partial charge in [0.15, 0.2) is 0 Å². The van der Waals surface area contributed by atoms with E-state index in [0.717, 1.165) is 16.0 Å². The molecule has 2 heterocycles. The second kappa shape index (κ2) is 16.3. The van der Waals surface area contributed by atoms with Crippen LogP contribution in [-0.4, -0.2) is 51.2 Å². The first kappa shape index (κ1) is 33.0. The van der Waals surface area contributed by atoms with Crippen molar-refractivity contribution >= 4 is 34.9 Å². The summed E-state index contributed by atoms with van der Waals surface area (Å²) in [5.74, 6) is -0.925. The number of aliphatic hydroxyl groups excluding tert-OH is 1. The van der Waals surface area contributed by atoms with Gasteiger partial charge in [0.2, 0.25) is 0 Å². The summed E-state index contributed by atoms with van der Waals surface area (Å²) in [5, 5.41) is 31.5. The van der Waals surface area contributed by atoms with Gasteiger partial charge in [0.25, 0.3) is 11.8 Å². The van der Waals surface area contributed by atoms with E-state index in [1.807, 2.05) is 60.7 Å². The fourth-order valence-corrected chi connectivity index (χ4v) is 5.86. The minimum Gasteiger partial charge on any atom is -0.530 e. The summed E-state index contributed by atoms with van der Waals surface area (Å²) in [7, 11) is 0. The Morgan fingerprint density at radius 3 is 2.09 bits per heavy atom. The molecule has 0 aliphatic rings. The monoisotopic (exact) mass is 648 g/mol. The van der Waals surface area contributed by atoms with Gasteiger partial charge in [-0.1, -0.05) is 78.9 Å². The van der Waals surface area contributed by atoms with E-state index >= 15 is 0 Å². The first-order chi connectivity index (χ1) is 22.9. The molecule has 0 unspecified atom stereocenters. The van der Waals surface area contributed by atoms with Gasteiger partial charge < -0.3 is 30.5 Å². The maximum atomic E-state index is 13.9. The van der Waals surface area contributed by atoms with Crippen molar-refractivity contribution < 1.29 is 24.6 Å². The van der Waals surface area contributed by atoms with Crippen molar-refractivity contribution in [2.24, 2.45) is 0 Å². The van der Waals surface area contributed by atoms with Crippen LogP contribution in [-0.2, 0) is 19.4 Å². The summed E-state index contributed by atoms with van der Waals surface area (Å²) in [6, 6.07) is 29.3. The van der Waals surface area contributed by atoms with Crippen molar-refractivity contribution in [1.29, 1.82) is 0 Å². The van der Waals surface area contributed by atoms with E-state index in [4.69, 9.17) is 0 Å². The van der Waals surface area contributed by atoms with Gasteiger partial charge in [0.1, 0.15) is 11.8 Å². The number of rotatable bonds is 14. The Balaban J connectivity index is 1.40. The number of carboxylic acid groups (broad SMARTS) is 1. The van der Waals surface area contributed by atoms with Gasteiger partial charge in [-0.2, -0.15) is 0 Å². The third kappa shape index (κ3) is 9.32. The number of para-hydroxylation sites is 1. The Labute approximate surface area is 276 Å². The Hall–Kier alpha value is -5.39. The van der Waals surface area contributed by atoms with Gasteiger partial charge >= 0.3 is 0 Å². The van der Waals surface area contributed by atoms with Gasteiger partial charge in [0, 0.05) is 17.6 Å². The predicted molar refractivity (Wildman–Crippen MR) is 178 cm³/mol. The molecule has 5 rings (SSSR count). The Morgan fingerprint density at radius 2 is 1.45 bits per heavy atom. The minimum absolute atomic E-state index is 0.0930. The average Bonchev–Trinajstić information content (AvgIpc) is 3.64. The standard InChI is InChI=1S/C36H35N5O5S/c42-33(30(20-26-13-5-2-6-14-26)40-35(44)31-23-47-24-38-31)21-28(19-25-11-3-1-4-12-25)39-34(43)29-16-7-8-17-32(29)41(36(45)46)22-27-15-9-10-18-37-27/h1-18,23-24,28,30,33,42H,19-22H2,(H,39,43)(H,40,44)(H,45,46)/p-1/t28-,30-,33-/m0/s1. The van der Waals surface area contributed by atoms with Gasteiger partial charge in [-0.05, 0) is 54.7 Å². The molecule has 3 N–H and O–H groups in total. The quantitative estimate of drug-likeness (QED) is 0.165. The molecular weight excluding hydrogens is 614 g/mol. The van der Waals surface area contributed by atoms with Crippen molar-refractivity contribution in [2.45, 2.75) is 44.0 Å². The normalized spacial score (nSPS) is 12.8. The van der Waals surface area contributed by atoms with Crippen LogP contribution in [0.4, 0.5) is 10.5 Å². The highest BCUT2D eigenvalue weighted by Gasteiger charge is 2.28. The molecule has 47 heavy (non-hydrogen) atoms. The van der Waals surface area contributed by atoms with E-state index in [1.165, 1.54) is 11.3 Å². The number of nitrogens with zero attached hydrogens (tertiary/aromatic N) is 3. The van der Waals surface area contributed by atoms with E-state index in [0.29, 0.717) is 18.5 Å². The second-order valence-electron chi connectivity index (χ2n) is 11.0. The van der Waals surface area contributed by atoms with Crippen molar-refractivity contribution in [3.8, 4) is 0 Å². The smallest absolute Gasteiger partial charge is 0.271 e. The summed E-state index contributed by atoms with van der Waals surface area (Å²) in [4.78, 5) is 48.5. The number of thiazole rings is 1. The molecule has 0 fully saturated rings. The number of hydrogen-bond donors (Lipinski definition) is 3. The number of hydrogen-bond acceptors (Lipinski definition) is 8. The van der Waals surface area contributed by atoms with E-state index in [9.17, 15) is 24.6 Å². The highest BCUT2D eigenvalue weighted by molar-refractivity contribution is 7.07. The first-order valence-electron chi connectivity index (χ1n) is 15.1. The molecule has 0 radical (unpaired) electrons. The fourth-order valence-electron chi connectivity index (χ4n) is 5.33. The number of carbonyl (C=O) groups excluding carboxylic acids is 3. The Bertz CT molecular complexity index is 1740. The van der Waals surface area contributed by atoms with Gasteiger partial charge in [-0.15, -0.1) is 11.3 Å². The lowest BCUT2D eigenvalue weighted by molar-refractivity contribution is -0.246. The summed E-state index contributed by atoms with van der Waals surface area (Å²) in [6.45, 7) is -0.112.